The van der Waals surface area contributed by atoms with Crippen LogP contribution in [-0.2, 0) is 0 Å². The van der Waals surface area contributed by atoms with E-state index in [4.69, 9.17) is 9.15 Å². The molecule has 2 aromatic rings. The van der Waals surface area contributed by atoms with Gasteiger partial charge in [-0.2, -0.15) is 9.37 Å². The lowest BCUT2D eigenvalue weighted by Crippen LogP contribution is -2.27. The molecule has 0 aromatic carbocycles. The molecule has 1 atom stereocenters. The molecule has 0 amide bonds. The van der Waals surface area contributed by atoms with Gasteiger partial charge in [-0.3, -0.25) is 4.90 Å². The summed E-state index contributed by atoms with van der Waals surface area (Å²) in [4.78, 5) is 9.81. The van der Waals surface area contributed by atoms with E-state index >= 15 is 0 Å². The molecule has 0 aliphatic heterocycles. The largest absolute Gasteiger partial charge is 0.479 e. The monoisotopic (exact) mass is 280 g/mol. The Morgan fingerprint density at radius 2 is 2.30 bits per heavy atom. The molecule has 7 heteroatoms. The summed E-state index contributed by atoms with van der Waals surface area (Å²) in [6, 6.07) is 3.76. The average Bonchev–Trinajstić information content (AvgIpc) is 2.94. The molecular formula is C13H17FN4O2. The number of ether oxygens (including phenoxy) is 1. The minimum atomic E-state index is -0.590. The minimum absolute atomic E-state index is 0.0182. The molecule has 1 unspecified atom stereocenters. The van der Waals surface area contributed by atoms with Crippen LogP contribution in [0.2, 0.25) is 0 Å². The van der Waals surface area contributed by atoms with E-state index in [2.05, 4.69) is 15.3 Å². The van der Waals surface area contributed by atoms with Gasteiger partial charge in [-0.15, -0.1) is 0 Å². The van der Waals surface area contributed by atoms with Crippen LogP contribution in [0.5, 0.6) is 5.88 Å². The molecule has 0 bridgehead atoms. The highest BCUT2D eigenvalue weighted by Crippen LogP contribution is 2.19. The molecule has 0 fully saturated rings. The zero-order chi connectivity index (χ0) is 14.5. The van der Waals surface area contributed by atoms with Gasteiger partial charge >= 0.3 is 0 Å². The van der Waals surface area contributed by atoms with Gasteiger partial charge in [0, 0.05) is 6.54 Å². The molecule has 6 nitrogen and oxygen atoms in total. The Bertz CT molecular complexity index is 545. The fourth-order valence-electron chi connectivity index (χ4n) is 1.79. The summed E-state index contributed by atoms with van der Waals surface area (Å²) in [5.74, 6) is 0.466. The Morgan fingerprint density at radius 1 is 1.50 bits per heavy atom. The Kier molecular flexibility index (Phi) is 4.52. The van der Waals surface area contributed by atoms with Crippen LogP contribution in [0, 0.1) is 5.82 Å². The second kappa shape index (κ2) is 6.33. The maximum atomic E-state index is 13.2. The standard InChI is InChI=1S/C13H17FN4O2/c1-18(2)10(11-5-4-6-20-11)8-16-13-15-7-9(14)12(17-13)19-3/h4-7,10H,8H2,1-3H3,(H,15,16,17). The number of aromatic nitrogens is 2. The predicted octanol–water partition coefficient (Wildman–Crippen LogP) is 1.93. The number of likely N-dealkylation sites (N-methyl/N-ethyl adjacent to an activating group) is 1. The fourth-order valence-corrected chi connectivity index (χ4v) is 1.79. The smallest absolute Gasteiger partial charge is 0.255 e. The third kappa shape index (κ3) is 3.24. The van der Waals surface area contributed by atoms with Gasteiger partial charge in [-0.25, -0.2) is 4.98 Å². The van der Waals surface area contributed by atoms with Crippen LogP contribution >= 0.6 is 0 Å². The summed E-state index contributed by atoms with van der Waals surface area (Å²) in [7, 11) is 5.25. The summed E-state index contributed by atoms with van der Waals surface area (Å²) >= 11 is 0. The minimum Gasteiger partial charge on any atom is -0.479 e. The molecule has 2 heterocycles. The van der Waals surface area contributed by atoms with Crippen molar-refractivity contribution in [3.63, 3.8) is 0 Å². The summed E-state index contributed by atoms with van der Waals surface area (Å²) in [5.41, 5.74) is 0. The summed E-state index contributed by atoms with van der Waals surface area (Å²) in [6.45, 7) is 0.523. The second-order valence-corrected chi connectivity index (χ2v) is 4.43. The summed E-state index contributed by atoms with van der Waals surface area (Å²) in [6.07, 6.45) is 2.70. The van der Waals surface area contributed by atoms with Crippen LogP contribution in [0.15, 0.2) is 29.0 Å². The van der Waals surface area contributed by atoms with Crippen molar-refractivity contribution in [2.45, 2.75) is 6.04 Å². The fraction of sp³-hybridized carbons (Fsp3) is 0.385. The maximum Gasteiger partial charge on any atom is 0.255 e. The van der Waals surface area contributed by atoms with E-state index in [0.717, 1.165) is 12.0 Å². The van der Waals surface area contributed by atoms with Crippen molar-refractivity contribution in [3.05, 3.63) is 36.2 Å². The van der Waals surface area contributed by atoms with Gasteiger partial charge < -0.3 is 14.5 Å². The molecule has 0 radical (unpaired) electrons. The van der Waals surface area contributed by atoms with Crippen molar-refractivity contribution in [2.75, 3.05) is 33.1 Å². The van der Waals surface area contributed by atoms with Crippen molar-refractivity contribution in [1.29, 1.82) is 0 Å². The lowest BCUT2D eigenvalue weighted by atomic mass is 10.2. The maximum absolute atomic E-state index is 13.2. The van der Waals surface area contributed by atoms with Gasteiger partial charge in [0.25, 0.3) is 5.88 Å². The SMILES string of the molecule is COc1nc(NCC(c2ccco2)N(C)C)ncc1F. The number of hydrogen-bond acceptors (Lipinski definition) is 6. The van der Waals surface area contributed by atoms with Crippen LogP contribution in [0.3, 0.4) is 0 Å². The molecule has 108 valence electrons. The lowest BCUT2D eigenvalue weighted by molar-refractivity contribution is 0.269. The zero-order valence-electron chi connectivity index (χ0n) is 11.6. The van der Waals surface area contributed by atoms with Crippen LogP contribution in [0.25, 0.3) is 0 Å². The van der Waals surface area contributed by atoms with Gasteiger partial charge in [-0.05, 0) is 26.2 Å². The molecule has 0 spiro atoms. The number of anilines is 1. The third-order valence-electron chi connectivity index (χ3n) is 2.85. The molecule has 0 aliphatic rings. The van der Waals surface area contributed by atoms with Gasteiger partial charge in [0.05, 0.1) is 25.6 Å². The Morgan fingerprint density at radius 3 is 2.90 bits per heavy atom. The molecule has 2 rings (SSSR count). The summed E-state index contributed by atoms with van der Waals surface area (Å²) in [5, 5.41) is 3.05. The Balaban J connectivity index is 2.06. The topological polar surface area (TPSA) is 63.4 Å². The first-order valence-electron chi connectivity index (χ1n) is 6.12. The van der Waals surface area contributed by atoms with E-state index in [1.807, 2.05) is 31.1 Å². The van der Waals surface area contributed by atoms with Crippen molar-refractivity contribution in [1.82, 2.24) is 14.9 Å². The van der Waals surface area contributed by atoms with Gasteiger partial charge in [0.1, 0.15) is 5.76 Å². The number of furan rings is 1. The highest BCUT2D eigenvalue weighted by molar-refractivity contribution is 5.29. The average molecular weight is 280 g/mol. The molecule has 0 saturated carbocycles. The number of nitrogens with one attached hydrogen (secondary N) is 1. The highest BCUT2D eigenvalue weighted by atomic mass is 19.1. The van der Waals surface area contributed by atoms with Gasteiger partial charge in [-0.1, -0.05) is 0 Å². The van der Waals surface area contributed by atoms with Crippen molar-refractivity contribution in [3.8, 4) is 5.88 Å². The molecule has 1 N–H and O–H groups in total. The van der Waals surface area contributed by atoms with E-state index in [1.54, 1.807) is 6.26 Å². The molecule has 0 saturated heterocycles. The normalized spacial score (nSPS) is 12.4. The third-order valence-corrected chi connectivity index (χ3v) is 2.85. The summed E-state index contributed by atoms with van der Waals surface area (Å²) < 4.78 is 23.4. The highest BCUT2D eigenvalue weighted by Gasteiger charge is 2.17. The first-order valence-corrected chi connectivity index (χ1v) is 6.12. The Hall–Kier alpha value is -2.15. The number of nitrogens with zero attached hydrogens (tertiary/aromatic N) is 3. The van der Waals surface area contributed by atoms with Crippen molar-refractivity contribution in [2.24, 2.45) is 0 Å². The lowest BCUT2D eigenvalue weighted by Gasteiger charge is -2.22. The number of rotatable bonds is 6. The van der Waals surface area contributed by atoms with Gasteiger partial charge in [0.2, 0.25) is 11.8 Å². The van der Waals surface area contributed by atoms with Crippen LogP contribution < -0.4 is 10.1 Å². The predicted molar refractivity (Wildman–Crippen MR) is 72.2 cm³/mol. The number of halogens is 1. The zero-order valence-corrected chi connectivity index (χ0v) is 11.6. The molecule has 2 aromatic heterocycles. The van der Waals surface area contributed by atoms with E-state index in [-0.39, 0.29) is 11.9 Å². The first kappa shape index (κ1) is 14.3. The van der Waals surface area contributed by atoms with E-state index in [9.17, 15) is 4.39 Å². The first-order chi connectivity index (χ1) is 9.61. The van der Waals surface area contributed by atoms with Crippen LogP contribution in [-0.4, -0.2) is 42.6 Å². The van der Waals surface area contributed by atoms with E-state index < -0.39 is 5.82 Å². The van der Waals surface area contributed by atoms with Crippen molar-refractivity contribution >= 4 is 5.95 Å². The van der Waals surface area contributed by atoms with Crippen LogP contribution in [0.4, 0.5) is 10.3 Å². The van der Waals surface area contributed by atoms with Crippen LogP contribution in [0.1, 0.15) is 11.8 Å². The van der Waals surface area contributed by atoms with E-state index in [0.29, 0.717) is 12.5 Å². The van der Waals surface area contributed by atoms with Crippen molar-refractivity contribution < 1.29 is 13.5 Å². The van der Waals surface area contributed by atoms with E-state index in [1.165, 1.54) is 7.11 Å². The second-order valence-electron chi connectivity index (χ2n) is 4.43. The number of methoxy groups -OCH3 is 1. The molecule has 0 aliphatic carbocycles. The Labute approximate surface area is 116 Å². The molecular weight excluding hydrogens is 263 g/mol. The van der Waals surface area contributed by atoms with Gasteiger partial charge in [0.15, 0.2) is 0 Å². The quantitative estimate of drug-likeness (QED) is 0.872. The molecule has 20 heavy (non-hydrogen) atoms. The number of hydrogen-bond donors (Lipinski definition) is 1.